The summed E-state index contributed by atoms with van der Waals surface area (Å²) in [5, 5.41) is 3.29. The quantitative estimate of drug-likeness (QED) is 0.824. The van der Waals surface area contributed by atoms with Crippen molar-refractivity contribution in [2.75, 3.05) is 5.32 Å². The maximum absolute atomic E-state index is 4.34. The molecule has 0 saturated carbocycles. The molecule has 0 aliphatic rings. The van der Waals surface area contributed by atoms with Crippen molar-refractivity contribution in [3.8, 4) is 0 Å². The molecule has 0 unspecified atom stereocenters. The van der Waals surface area contributed by atoms with E-state index in [1.165, 1.54) is 0 Å². The van der Waals surface area contributed by atoms with Crippen LogP contribution in [-0.2, 0) is 5.41 Å². The highest BCUT2D eigenvalue weighted by molar-refractivity contribution is 5.37. The van der Waals surface area contributed by atoms with Crippen molar-refractivity contribution in [3.63, 3.8) is 0 Å². The Morgan fingerprint density at radius 3 is 2.53 bits per heavy atom. The van der Waals surface area contributed by atoms with Gasteiger partial charge in [0.05, 0.1) is 5.69 Å². The smallest absolute Gasteiger partial charge is 0.129 e. The Morgan fingerprint density at radius 1 is 1.33 bits per heavy atom. The van der Waals surface area contributed by atoms with Gasteiger partial charge in [0.2, 0.25) is 0 Å². The van der Waals surface area contributed by atoms with Gasteiger partial charge in [-0.3, -0.25) is 0 Å². The third-order valence-electron chi connectivity index (χ3n) is 2.68. The summed E-state index contributed by atoms with van der Waals surface area (Å²) in [6.07, 6.45) is 2.71. The van der Waals surface area contributed by atoms with Crippen molar-refractivity contribution in [2.24, 2.45) is 0 Å². The van der Waals surface area contributed by atoms with E-state index in [0.29, 0.717) is 6.04 Å². The van der Waals surface area contributed by atoms with Crippen LogP contribution < -0.4 is 5.32 Å². The van der Waals surface area contributed by atoms with Crippen LogP contribution in [-0.4, -0.2) is 16.0 Å². The molecular formula is C12H21N3. The number of nitrogens with zero attached hydrogens (tertiary/aromatic N) is 2. The minimum Gasteiger partial charge on any atom is -0.368 e. The van der Waals surface area contributed by atoms with Crippen LogP contribution in [0.15, 0.2) is 12.4 Å². The van der Waals surface area contributed by atoms with Crippen molar-refractivity contribution in [1.29, 1.82) is 0 Å². The summed E-state index contributed by atoms with van der Waals surface area (Å²) in [6, 6.07) is 2.45. The average Bonchev–Trinajstić information content (AvgIpc) is 2.17. The minimum atomic E-state index is 0.121. The predicted molar refractivity (Wildman–Crippen MR) is 64.1 cm³/mol. The molecule has 1 rings (SSSR count). The summed E-state index contributed by atoms with van der Waals surface area (Å²) in [7, 11) is 0. The number of rotatable bonds is 4. The van der Waals surface area contributed by atoms with E-state index in [9.17, 15) is 0 Å². The second-order valence-electron chi connectivity index (χ2n) is 4.82. The first-order valence-electron chi connectivity index (χ1n) is 5.54. The molecule has 1 N–H and O–H groups in total. The van der Waals surface area contributed by atoms with Crippen molar-refractivity contribution >= 4 is 5.82 Å². The van der Waals surface area contributed by atoms with E-state index in [4.69, 9.17) is 0 Å². The van der Waals surface area contributed by atoms with Gasteiger partial charge in [-0.05, 0) is 20.3 Å². The van der Waals surface area contributed by atoms with E-state index < -0.39 is 0 Å². The maximum Gasteiger partial charge on any atom is 0.129 e. The van der Waals surface area contributed by atoms with Crippen molar-refractivity contribution in [1.82, 2.24) is 9.97 Å². The maximum atomic E-state index is 4.34. The van der Waals surface area contributed by atoms with E-state index in [2.05, 4.69) is 49.9 Å². The van der Waals surface area contributed by atoms with Gasteiger partial charge >= 0.3 is 0 Å². The lowest BCUT2D eigenvalue weighted by molar-refractivity contribution is 0.489. The van der Waals surface area contributed by atoms with Crippen molar-refractivity contribution in [3.05, 3.63) is 18.1 Å². The van der Waals surface area contributed by atoms with E-state index >= 15 is 0 Å². The normalized spacial score (nSPS) is 11.9. The van der Waals surface area contributed by atoms with Gasteiger partial charge in [-0.1, -0.05) is 20.8 Å². The molecule has 0 saturated heterocycles. The Labute approximate surface area is 92.3 Å². The standard InChI is InChI=1S/C12H21N3/c1-6-12(4,5)10-7-11(14-8-13-10)15-9(2)3/h7-9H,6H2,1-5H3,(H,13,14,15). The molecule has 0 amide bonds. The molecule has 0 aliphatic heterocycles. The number of aromatic nitrogens is 2. The van der Waals surface area contributed by atoms with Gasteiger partial charge in [0.25, 0.3) is 0 Å². The molecule has 1 aromatic heterocycles. The van der Waals surface area contributed by atoms with E-state index in [-0.39, 0.29) is 5.41 Å². The second kappa shape index (κ2) is 4.60. The van der Waals surface area contributed by atoms with Crippen molar-refractivity contribution in [2.45, 2.75) is 52.5 Å². The zero-order valence-electron chi connectivity index (χ0n) is 10.3. The second-order valence-corrected chi connectivity index (χ2v) is 4.82. The minimum absolute atomic E-state index is 0.121. The summed E-state index contributed by atoms with van der Waals surface area (Å²) in [5.41, 5.74) is 1.22. The first kappa shape index (κ1) is 12.0. The first-order chi connectivity index (χ1) is 6.95. The lowest BCUT2D eigenvalue weighted by atomic mass is 9.86. The lowest BCUT2D eigenvalue weighted by Crippen LogP contribution is -2.19. The molecule has 1 aromatic rings. The van der Waals surface area contributed by atoms with Crippen LogP contribution in [0.2, 0.25) is 0 Å². The van der Waals surface area contributed by atoms with Gasteiger partial charge in [0.15, 0.2) is 0 Å². The van der Waals surface area contributed by atoms with Gasteiger partial charge < -0.3 is 5.32 Å². The summed E-state index contributed by atoms with van der Waals surface area (Å²) in [4.78, 5) is 8.54. The molecule has 0 aliphatic carbocycles. The molecule has 3 heteroatoms. The van der Waals surface area contributed by atoms with Crippen molar-refractivity contribution < 1.29 is 0 Å². The molecule has 0 radical (unpaired) electrons. The highest BCUT2D eigenvalue weighted by atomic mass is 15.0. The van der Waals surface area contributed by atoms with Gasteiger partial charge in [-0.2, -0.15) is 0 Å². The van der Waals surface area contributed by atoms with Crippen LogP contribution in [0.5, 0.6) is 0 Å². The molecule has 0 atom stereocenters. The molecule has 0 spiro atoms. The Kier molecular flexibility index (Phi) is 3.66. The van der Waals surface area contributed by atoms with Crippen LogP contribution in [0, 0.1) is 0 Å². The molecule has 0 aromatic carbocycles. The van der Waals surface area contributed by atoms with Crippen LogP contribution >= 0.6 is 0 Å². The molecule has 15 heavy (non-hydrogen) atoms. The zero-order valence-corrected chi connectivity index (χ0v) is 10.3. The van der Waals surface area contributed by atoms with Gasteiger partial charge in [0.1, 0.15) is 12.1 Å². The third kappa shape index (κ3) is 3.18. The van der Waals surface area contributed by atoms with Crippen LogP contribution in [0.3, 0.4) is 0 Å². The molecule has 0 bridgehead atoms. The molecule has 3 nitrogen and oxygen atoms in total. The van der Waals surface area contributed by atoms with Gasteiger partial charge in [-0.15, -0.1) is 0 Å². The fourth-order valence-electron chi connectivity index (χ4n) is 1.28. The summed E-state index contributed by atoms with van der Waals surface area (Å²) >= 11 is 0. The average molecular weight is 207 g/mol. The predicted octanol–water partition coefficient (Wildman–Crippen LogP) is 2.98. The Balaban J connectivity index is 2.92. The van der Waals surface area contributed by atoms with Crippen LogP contribution in [0.25, 0.3) is 0 Å². The SMILES string of the molecule is CCC(C)(C)c1cc(NC(C)C)ncn1. The Bertz CT molecular complexity index is 318. The molecule has 1 heterocycles. The fourth-order valence-corrected chi connectivity index (χ4v) is 1.28. The highest BCUT2D eigenvalue weighted by Crippen LogP contribution is 2.25. The van der Waals surface area contributed by atoms with Gasteiger partial charge in [-0.25, -0.2) is 9.97 Å². The summed E-state index contributed by atoms with van der Waals surface area (Å²) in [6.45, 7) is 10.8. The Morgan fingerprint density at radius 2 is 2.00 bits per heavy atom. The third-order valence-corrected chi connectivity index (χ3v) is 2.68. The van der Waals surface area contributed by atoms with E-state index in [0.717, 1.165) is 17.9 Å². The summed E-state index contributed by atoms with van der Waals surface area (Å²) in [5.74, 6) is 0.913. The van der Waals surface area contributed by atoms with Crippen LogP contribution in [0.4, 0.5) is 5.82 Å². The number of hydrogen-bond donors (Lipinski definition) is 1. The zero-order chi connectivity index (χ0) is 11.5. The topological polar surface area (TPSA) is 37.8 Å². The largest absolute Gasteiger partial charge is 0.368 e. The fraction of sp³-hybridized carbons (Fsp3) is 0.667. The molecular weight excluding hydrogens is 186 g/mol. The molecule has 0 fully saturated rings. The monoisotopic (exact) mass is 207 g/mol. The number of hydrogen-bond acceptors (Lipinski definition) is 3. The van der Waals surface area contributed by atoms with Crippen LogP contribution in [0.1, 0.15) is 46.7 Å². The van der Waals surface area contributed by atoms with Gasteiger partial charge in [0, 0.05) is 17.5 Å². The highest BCUT2D eigenvalue weighted by Gasteiger charge is 2.20. The Hall–Kier alpha value is -1.12. The molecule has 84 valence electrons. The first-order valence-corrected chi connectivity index (χ1v) is 5.54. The lowest BCUT2D eigenvalue weighted by Gasteiger charge is -2.22. The number of nitrogens with one attached hydrogen (secondary N) is 1. The summed E-state index contributed by atoms with van der Waals surface area (Å²) < 4.78 is 0. The number of anilines is 1. The van der Waals surface area contributed by atoms with E-state index in [1.54, 1.807) is 6.33 Å². The van der Waals surface area contributed by atoms with E-state index in [1.807, 2.05) is 6.07 Å².